The average molecular weight is 315 g/mol. The highest BCUT2D eigenvalue weighted by atomic mass is 16.5. The Bertz CT molecular complexity index is 653. The predicted molar refractivity (Wildman–Crippen MR) is 88.6 cm³/mol. The molecule has 0 radical (unpaired) electrons. The van der Waals surface area contributed by atoms with Crippen molar-refractivity contribution in [2.45, 2.75) is 6.42 Å². The van der Waals surface area contributed by atoms with Gasteiger partial charge in [0.2, 0.25) is 0 Å². The highest BCUT2D eigenvalue weighted by Gasteiger charge is 2.15. The SMILES string of the molecule is COc1ccc(CCNC(=O)c2cccc(OC)c2OC)cc1. The standard InChI is InChI=1S/C18H21NO4/c1-21-14-9-7-13(8-10-14)11-12-19-18(20)15-5-4-6-16(22-2)17(15)23-3/h4-10H,11-12H2,1-3H3,(H,19,20). The van der Waals surface area contributed by atoms with Gasteiger partial charge in [0.1, 0.15) is 5.75 Å². The van der Waals surface area contributed by atoms with E-state index in [-0.39, 0.29) is 5.91 Å². The van der Waals surface area contributed by atoms with Crippen molar-refractivity contribution in [1.82, 2.24) is 5.32 Å². The zero-order valence-corrected chi connectivity index (χ0v) is 13.6. The van der Waals surface area contributed by atoms with Crippen LogP contribution in [0.2, 0.25) is 0 Å². The Balaban J connectivity index is 1.97. The number of para-hydroxylation sites is 1. The molecule has 5 nitrogen and oxygen atoms in total. The molecule has 0 bridgehead atoms. The summed E-state index contributed by atoms with van der Waals surface area (Å²) in [5.74, 6) is 1.61. The average Bonchev–Trinajstić information content (AvgIpc) is 2.61. The van der Waals surface area contributed by atoms with E-state index < -0.39 is 0 Å². The number of hydrogen-bond donors (Lipinski definition) is 1. The second kappa shape index (κ2) is 8.08. The van der Waals surface area contributed by atoms with Crippen molar-refractivity contribution in [3.63, 3.8) is 0 Å². The number of benzene rings is 2. The summed E-state index contributed by atoms with van der Waals surface area (Å²) >= 11 is 0. The van der Waals surface area contributed by atoms with E-state index in [4.69, 9.17) is 14.2 Å². The number of rotatable bonds is 7. The van der Waals surface area contributed by atoms with Crippen LogP contribution >= 0.6 is 0 Å². The molecule has 0 aromatic heterocycles. The fraction of sp³-hybridized carbons (Fsp3) is 0.278. The van der Waals surface area contributed by atoms with Gasteiger partial charge in [-0.2, -0.15) is 0 Å². The summed E-state index contributed by atoms with van der Waals surface area (Å²) in [6, 6.07) is 13.0. The molecule has 0 aliphatic carbocycles. The minimum atomic E-state index is -0.186. The summed E-state index contributed by atoms with van der Waals surface area (Å²) in [6.45, 7) is 0.533. The van der Waals surface area contributed by atoms with Crippen molar-refractivity contribution in [1.29, 1.82) is 0 Å². The fourth-order valence-corrected chi connectivity index (χ4v) is 2.27. The molecule has 1 N–H and O–H groups in total. The lowest BCUT2D eigenvalue weighted by molar-refractivity contribution is 0.0950. The largest absolute Gasteiger partial charge is 0.497 e. The van der Waals surface area contributed by atoms with Crippen LogP contribution in [0.3, 0.4) is 0 Å². The maximum Gasteiger partial charge on any atom is 0.255 e. The second-order valence-electron chi connectivity index (χ2n) is 4.90. The van der Waals surface area contributed by atoms with E-state index >= 15 is 0 Å². The molecule has 122 valence electrons. The van der Waals surface area contributed by atoms with Gasteiger partial charge in [-0.15, -0.1) is 0 Å². The van der Waals surface area contributed by atoms with Crippen molar-refractivity contribution in [2.24, 2.45) is 0 Å². The van der Waals surface area contributed by atoms with Crippen LogP contribution in [0.5, 0.6) is 17.2 Å². The third-order valence-corrected chi connectivity index (χ3v) is 3.51. The van der Waals surface area contributed by atoms with E-state index in [1.54, 1.807) is 32.4 Å². The molecule has 0 aliphatic rings. The number of methoxy groups -OCH3 is 3. The summed E-state index contributed by atoms with van der Waals surface area (Å²) in [7, 11) is 4.70. The minimum Gasteiger partial charge on any atom is -0.497 e. The van der Waals surface area contributed by atoms with E-state index in [9.17, 15) is 4.79 Å². The molecular formula is C18H21NO4. The van der Waals surface area contributed by atoms with Crippen LogP contribution in [-0.4, -0.2) is 33.8 Å². The summed E-state index contributed by atoms with van der Waals surface area (Å²) in [6.07, 6.45) is 0.738. The Labute approximate surface area is 136 Å². The molecule has 0 heterocycles. The zero-order valence-electron chi connectivity index (χ0n) is 13.6. The monoisotopic (exact) mass is 315 g/mol. The van der Waals surface area contributed by atoms with Crippen LogP contribution in [0.4, 0.5) is 0 Å². The highest BCUT2D eigenvalue weighted by Crippen LogP contribution is 2.30. The van der Waals surface area contributed by atoms with Gasteiger partial charge in [0.15, 0.2) is 11.5 Å². The number of carbonyl (C=O) groups excluding carboxylic acids is 1. The molecule has 0 aliphatic heterocycles. The number of amides is 1. The zero-order chi connectivity index (χ0) is 16.7. The van der Waals surface area contributed by atoms with Crippen molar-refractivity contribution in [3.05, 3.63) is 53.6 Å². The van der Waals surface area contributed by atoms with E-state index in [0.29, 0.717) is 23.6 Å². The Kier molecular flexibility index (Phi) is 5.86. The lowest BCUT2D eigenvalue weighted by atomic mass is 10.1. The maximum atomic E-state index is 12.3. The van der Waals surface area contributed by atoms with Crippen molar-refractivity contribution >= 4 is 5.91 Å². The van der Waals surface area contributed by atoms with Gasteiger partial charge in [-0.25, -0.2) is 0 Å². The predicted octanol–water partition coefficient (Wildman–Crippen LogP) is 2.68. The molecule has 1 amide bonds. The molecule has 2 aromatic carbocycles. The van der Waals surface area contributed by atoms with Gasteiger partial charge in [-0.05, 0) is 36.2 Å². The molecule has 0 spiro atoms. The van der Waals surface area contributed by atoms with Crippen LogP contribution in [0.1, 0.15) is 15.9 Å². The first kappa shape index (κ1) is 16.7. The van der Waals surface area contributed by atoms with Crippen molar-refractivity contribution in [3.8, 4) is 17.2 Å². The Morgan fingerprint density at radius 1 is 0.957 bits per heavy atom. The lowest BCUT2D eigenvalue weighted by Crippen LogP contribution is -2.26. The third kappa shape index (κ3) is 4.16. The molecule has 0 saturated carbocycles. The van der Waals surface area contributed by atoms with Crippen molar-refractivity contribution in [2.75, 3.05) is 27.9 Å². The normalized spacial score (nSPS) is 10.0. The molecule has 23 heavy (non-hydrogen) atoms. The lowest BCUT2D eigenvalue weighted by Gasteiger charge is -2.12. The summed E-state index contributed by atoms with van der Waals surface area (Å²) in [5, 5.41) is 2.90. The van der Waals surface area contributed by atoms with Gasteiger partial charge in [0.25, 0.3) is 5.91 Å². The number of ether oxygens (including phenoxy) is 3. The van der Waals surface area contributed by atoms with Crippen LogP contribution in [0, 0.1) is 0 Å². The smallest absolute Gasteiger partial charge is 0.255 e. The molecule has 5 heteroatoms. The number of hydrogen-bond acceptors (Lipinski definition) is 4. The molecule has 0 atom stereocenters. The van der Waals surface area contributed by atoms with E-state index in [1.807, 2.05) is 24.3 Å². The summed E-state index contributed by atoms with van der Waals surface area (Å²) in [4.78, 5) is 12.3. The van der Waals surface area contributed by atoms with E-state index in [1.165, 1.54) is 7.11 Å². The van der Waals surface area contributed by atoms with Crippen LogP contribution in [0.25, 0.3) is 0 Å². The molecular weight excluding hydrogens is 294 g/mol. The summed E-state index contributed by atoms with van der Waals surface area (Å²) in [5.41, 5.74) is 1.59. The quantitative estimate of drug-likeness (QED) is 0.853. The molecule has 0 saturated heterocycles. The van der Waals surface area contributed by atoms with Gasteiger partial charge in [-0.1, -0.05) is 18.2 Å². The van der Waals surface area contributed by atoms with Crippen LogP contribution in [0.15, 0.2) is 42.5 Å². The Morgan fingerprint density at radius 3 is 2.30 bits per heavy atom. The topological polar surface area (TPSA) is 56.8 Å². The van der Waals surface area contributed by atoms with Gasteiger partial charge >= 0.3 is 0 Å². The van der Waals surface area contributed by atoms with Crippen LogP contribution < -0.4 is 19.5 Å². The molecule has 2 rings (SSSR count). The highest BCUT2D eigenvalue weighted by molar-refractivity contribution is 5.97. The number of carbonyl (C=O) groups is 1. The summed E-state index contributed by atoms with van der Waals surface area (Å²) < 4.78 is 15.6. The molecule has 2 aromatic rings. The Hall–Kier alpha value is -2.69. The first-order chi connectivity index (χ1) is 11.2. The molecule has 0 unspecified atom stereocenters. The fourth-order valence-electron chi connectivity index (χ4n) is 2.27. The third-order valence-electron chi connectivity index (χ3n) is 3.51. The number of nitrogens with one attached hydrogen (secondary N) is 1. The van der Waals surface area contributed by atoms with Gasteiger partial charge in [-0.3, -0.25) is 4.79 Å². The van der Waals surface area contributed by atoms with E-state index in [2.05, 4.69) is 5.32 Å². The van der Waals surface area contributed by atoms with E-state index in [0.717, 1.165) is 17.7 Å². The second-order valence-corrected chi connectivity index (χ2v) is 4.90. The van der Waals surface area contributed by atoms with Crippen molar-refractivity contribution < 1.29 is 19.0 Å². The molecule has 0 fully saturated rings. The first-order valence-electron chi connectivity index (χ1n) is 7.31. The van der Waals surface area contributed by atoms with Gasteiger partial charge in [0, 0.05) is 6.54 Å². The van der Waals surface area contributed by atoms with Crippen LogP contribution in [-0.2, 0) is 6.42 Å². The minimum absolute atomic E-state index is 0.186. The Morgan fingerprint density at radius 2 is 1.70 bits per heavy atom. The first-order valence-corrected chi connectivity index (χ1v) is 7.31. The van der Waals surface area contributed by atoms with Gasteiger partial charge in [0.05, 0.1) is 26.9 Å². The maximum absolute atomic E-state index is 12.3. The van der Waals surface area contributed by atoms with Gasteiger partial charge < -0.3 is 19.5 Å².